The lowest BCUT2D eigenvalue weighted by Crippen LogP contribution is -2.36. The smallest absolute Gasteiger partial charge is 0.266 e. The standard InChI is InChI=1S/C20H21ClFN5O3S/c1-20(9-3-4-13(20)14-7-11-25-27(14)2)30-15-5-6-16(19(22)18(15)21)31(28,29)26-17-8-10-23-12-24-17/h5-8,10-13H,3-4,9H2,1-2H3,(H,23,24,26)/t13-,20-/m1/s1. The number of rotatable bonds is 6. The highest BCUT2D eigenvalue weighted by Gasteiger charge is 2.43. The summed E-state index contributed by atoms with van der Waals surface area (Å²) in [5.41, 5.74) is 0.383. The Balaban J connectivity index is 1.62. The SMILES string of the molecule is Cn1nccc1[C@H]1CCC[C@@]1(C)Oc1ccc(S(=O)(=O)Nc2ccncn2)c(F)c1Cl. The Kier molecular flexibility index (Phi) is 5.61. The lowest BCUT2D eigenvalue weighted by Gasteiger charge is -2.33. The number of ether oxygens (including phenoxy) is 1. The van der Waals surface area contributed by atoms with Crippen LogP contribution in [0.4, 0.5) is 10.2 Å². The van der Waals surface area contributed by atoms with Gasteiger partial charge in [0, 0.05) is 31.1 Å². The summed E-state index contributed by atoms with van der Waals surface area (Å²) in [7, 11) is -2.38. The molecule has 8 nitrogen and oxygen atoms in total. The first-order valence-corrected chi connectivity index (χ1v) is 11.5. The number of hydrogen-bond acceptors (Lipinski definition) is 6. The Hall–Kier alpha value is -2.72. The van der Waals surface area contributed by atoms with Gasteiger partial charge < -0.3 is 4.74 Å². The van der Waals surface area contributed by atoms with Crippen LogP contribution < -0.4 is 9.46 Å². The molecule has 1 aliphatic carbocycles. The maximum Gasteiger partial charge on any atom is 0.266 e. The van der Waals surface area contributed by atoms with E-state index < -0.39 is 26.3 Å². The fourth-order valence-electron chi connectivity index (χ4n) is 4.04. The van der Waals surface area contributed by atoms with Crippen LogP contribution >= 0.6 is 11.6 Å². The molecule has 3 aromatic rings. The van der Waals surface area contributed by atoms with Gasteiger partial charge in [0.05, 0.1) is 0 Å². The van der Waals surface area contributed by atoms with E-state index in [1.165, 1.54) is 24.7 Å². The van der Waals surface area contributed by atoms with Gasteiger partial charge in [0.25, 0.3) is 10.0 Å². The average Bonchev–Trinajstić information content (AvgIpc) is 3.30. The van der Waals surface area contributed by atoms with Crippen LogP contribution in [0.2, 0.25) is 5.02 Å². The van der Waals surface area contributed by atoms with Crippen LogP contribution in [0.3, 0.4) is 0 Å². The second-order valence-corrected chi connectivity index (χ2v) is 9.66. The molecule has 0 radical (unpaired) electrons. The molecule has 2 atom stereocenters. The topological polar surface area (TPSA) is 99.0 Å². The quantitative estimate of drug-likeness (QED) is 0.592. The van der Waals surface area contributed by atoms with Crippen LogP contribution in [0, 0.1) is 5.82 Å². The molecule has 0 amide bonds. The summed E-state index contributed by atoms with van der Waals surface area (Å²) in [6, 6.07) is 5.81. The molecule has 1 N–H and O–H groups in total. The Bertz CT molecular complexity index is 1200. The lowest BCUT2D eigenvalue weighted by atomic mass is 9.89. The summed E-state index contributed by atoms with van der Waals surface area (Å²) in [5.74, 6) is -0.929. The third-order valence-corrected chi connectivity index (χ3v) is 7.31. The van der Waals surface area contributed by atoms with Crippen LogP contribution in [0.25, 0.3) is 0 Å². The van der Waals surface area contributed by atoms with E-state index in [4.69, 9.17) is 16.3 Å². The molecule has 4 rings (SSSR count). The maximum atomic E-state index is 15.0. The minimum atomic E-state index is -4.24. The highest BCUT2D eigenvalue weighted by atomic mass is 35.5. The predicted octanol–water partition coefficient (Wildman–Crippen LogP) is 3.91. The highest BCUT2D eigenvalue weighted by Crippen LogP contribution is 2.46. The normalized spacial score (nSPS) is 21.2. The van der Waals surface area contributed by atoms with Gasteiger partial charge in [-0.2, -0.15) is 5.10 Å². The molecule has 0 bridgehead atoms. The minimum absolute atomic E-state index is 0.0170. The van der Waals surface area contributed by atoms with Crippen molar-refractivity contribution >= 4 is 27.4 Å². The van der Waals surface area contributed by atoms with Gasteiger partial charge in [0.15, 0.2) is 5.82 Å². The van der Waals surface area contributed by atoms with Crippen molar-refractivity contribution in [2.24, 2.45) is 7.05 Å². The van der Waals surface area contributed by atoms with Gasteiger partial charge >= 0.3 is 0 Å². The van der Waals surface area contributed by atoms with Crippen LogP contribution in [0.1, 0.15) is 37.8 Å². The van der Waals surface area contributed by atoms with E-state index in [9.17, 15) is 8.42 Å². The van der Waals surface area contributed by atoms with Crippen LogP contribution in [0.15, 0.2) is 47.9 Å². The molecule has 0 aliphatic heterocycles. The van der Waals surface area contributed by atoms with E-state index in [-0.39, 0.29) is 22.5 Å². The van der Waals surface area contributed by atoms with Crippen molar-refractivity contribution < 1.29 is 17.5 Å². The van der Waals surface area contributed by atoms with Crippen LogP contribution in [-0.4, -0.2) is 33.8 Å². The van der Waals surface area contributed by atoms with Crippen LogP contribution in [-0.2, 0) is 17.1 Å². The molecular formula is C20H21ClFN5O3S. The second kappa shape index (κ2) is 8.08. The van der Waals surface area contributed by atoms with E-state index in [0.29, 0.717) is 0 Å². The summed E-state index contributed by atoms with van der Waals surface area (Å²) in [5, 5.41) is 3.84. The molecule has 11 heteroatoms. The number of aromatic nitrogens is 4. The first-order valence-electron chi connectivity index (χ1n) is 9.65. The number of halogens is 2. The number of benzene rings is 1. The van der Waals surface area contributed by atoms with Crippen LogP contribution in [0.5, 0.6) is 5.75 Å². The molecule has 1 aromatic carbocycles. The monoisotopic (exact) mass is 465 g/mol. The Labute approximate surface area is 184 Å². The molecular weight excluding hydrogens is 445 g/mol. The fourth-order valence-corrected chi connectivity index (χ4v) is 5.39. The number of hydrogen-bond donors (Lipinski definition) is 1. The fraction of sp³-hybridized carbons (Fsp3) is 0.350. The van der Waals surface area contributed by atoms with Crippen molar-refractivity contribution in [1.82, 2.24) is 19.7 Å². The molecule has 0 spiro atoms. The van der Waals surface area contributed by atoms with Gasteiger partial charge in [-0.1, -0.05) is 11.6 Å². The summed E-state index contributed by atoms with van der Waals surface area (Å²) in [4.78, 5) is 6.91. The van der Waals surface area contributed by atoms with Crippen molar-refractivity contribution in [3.63, 3.8) is 0 Å². The highest BCUT2D eigenvalue weighted by molar-refractivity contribution is 7.92. The van der Waals surface area contributed by atoms with Gasteiger partial charge in [-0.15, -0.1) is 0 Å². The third-order valence-electron chi connectivity index (χ3n) is 5.58. The largest absolute Gasteiger partial charge is 0.485 e. The van der Waals surface area contributed by atoms with Crippen molar-refractivity contribution in [2.75, 3.05) is 4.72 Å². The number of nitrogens with zero attached hydrogens (tertiary/aromatic N) is 4. The van der Waals surface area contributed by atoms with E-state index in [1.54, 1.807) is 10.9 Å². The average molecular weight is 466 g/mol. The Morgan fingerprint density at radius 2 is 2.10 bits per heavy atom. The molecule has 0 saturated heterocycles. The van der Waals surface area contributed by atoms with Crippen molar-refractivity contribution in [3.05, 3.63) is 59.5 Å². The van der Waals surface area contributed by atoms with E-state index in [0.717, 1.165) is 31.0 Å². The zero-order valence-corrected chi connectivity index (χ0v) is 18.5. The third kappa shape index (κ3) is 4.09. The van der Waals surface area contributed by atoms with Crippen molar-refractivity contribution in [3.8, 4) is 5.75 Å². The number of anilines is 1. The van der Waals surface area contributed by atoms with Gasteiger partial charge in [-0.25, -0.2) is 22.8 Å². The zero-order valence-electron chi connectivity index (χ0n) is 16.9. The number of aryl methyl sites for hydroxylation is 1. The predicted molar refractivity (Wildman–Crippen MR) is 113 cm³/mol. The number of nitrogens with one attached hydrogen (secondary N) is 1. The number of sulfonamides is 1. The molecule has 0 unspecified atom stereocenters. The van der Waals surface area contributed by atoms with E-state index in [2.05, 4.69) is 19.8 Å². The van der Waals surface area contributed by atoms with Crippen molar-refractivity contribution in [2.45, 2.75) is 42.6 Å². The Morgan fingerprint density at radius 1 is 1.29 bits per heavy atom. The van der Waals surface area contributed by atoms with E-state index >= 15 is 4.39 Å². The van der Waals surface area contributed by atoms with Crippen molar-refractivity contribution in [1.29, 1.82) is 0 Å². The molecule has 164 valence electrons. The van der Waals surface area contributed by atoms with Gasteiger partial charge in [-0.3, -0.25) is 9.40 Å². The first-order chi connectivity index (χ1) is 14.7. The minimum Gasteiger partial charge on any atom is -0.485 e. The molecule has 1 fully saturated rings. The molecule has 2 heterocycles. The summed E-state index contributed by atoms with van der Waals surface area (Å²) in [6.45, 7) is 1.95. The molecule has 2 aromatic heterocycles. The zero-order chi connectivity index (χ0) is 22.2. The van der Waals surface area contributed by atoms with Gasteiger partial charge in [0.2, 0.25) is 0 Å². The van der Waals surface area contributed by atoms with Gasteiger partial charge in [0.1, 0.15) is 33.4 Å². The summed E-state index contributed by atoms with van der Waals surface area (Å²) < 4.78 is 50.5. The molecule has 31 heavy (non-hydrogen) atoms. The summed E-state index contributed by atoms with van der Waals surface area (Å²) in [6.07, 6.45) is 6.85. The first kappa shape index (κ1) is 21.5. The molecule has 1 saturated carbocycles. The Morgan fingerprint density at radius 3 is 2.77 bits per heavy atom. The maximum absolute atomic E-state index is 15.0. The summed E-state index contributed by atoms with van der Waals surface area (Å²) >= 11 is 6.22. The second-order valence-electron chi connectivity index (χ2n) is 7.63. The molecule has 1 aliphatic rings. The van der Waals surface area contributed by atoms with Gasteiger partial charge in [-0.05, 0) is 50.5 Å². The lowest BCUT2D eigenvalue weighted by molar-refractivity contribution is 0.0749. The van der Waals surface area contributed by atoms with E-state index in [1.807, 2.05) is 20.0 Å².